The lowest BCUT2D eigenvalue weighted by Gasteiger charge is -2.43. The molecule has 1 unspecified atom stereocenters. The Bertz CT molecular complexity index is 1230. The summed E-state index contributed by atoms with van der Waals surface area (Å²) in [6.07, 6.45) is 8.97. The monoisotopic (exact) mass is 565 g/mol. The van der Waals surface area contributed by atoms with Crippen LogP contribution in [0.1, 0.15) is 53.5 Å². The average molecular weight is 566 g/mol. The molecule has 1 spiro atoms. The summed E-state index contributed by atoms with van der Waals surface area (Å²) >= 11 is 1.60. The summed E-state index contributed by atoms with van der Waals surface area (Å²) in [5, 5.41) is 10.6. The number of nitrogens with zero attached hydrogens (tertiary/aromatic N) is 3. The summed E-state index contributed by atoms with van der Waals surface area (Å²) in [5.41, 5.74) is 0.581. The minimum atomic E-state index is -0.912. The van der Waals surface area contributed by atoms with Crippen LogP contribution in [0, 0.1) is 17.8 Å². The van der Waals surface area contributed by atoms with Gasteiger partial charge in [0.1, 0.15) is 6.04 Å². The molecule has 2 fully saturated rings. The van der Waals surface area contributed by atoms with Crippen LogP contribution < -0.4 is 0 Å². The highest BCUT2D eigenvalue weighted by Gasteiger charge is 2.74. The number of benzene rings is 1. The van der Waals surface area contributed by atoms with Gasteiger partial charge < -0.3 is 19.8 Å². The van der Waals surface area contributed by atoms with Gasteiger partial charge in [0, 0.05) is 29.9 Å². The Kier molecular flexibility index (Phi) is 7.49. The number of hydrogen-bond donors (Lipinski definition) is 1. The van der Waals surface area contributed by atoms with Gasteiger partial charge in [-0.15, -0.1) is 11.8 Å². The van der Waals surface area contributed by atoms with Crippen LogP contribution in [0.25, 0.3) is 0 Å². The van der Waals surface area contributed by atoms with E-state index in [1.807, 2.05) is 93.8 Å². The summed E-state index contributed by atoms with van der Waals surface area (Å²) in [5.74, 6) is -1.71. The summed E-state index contributed by atoms with van der Waals surface area (Å²) in [7, 11) is 0. The van der Waals surface area contributed by atoms with E-state index in [0.29, 0.717) is 19.6 Å². The van der Waals surface area contributed by atoms with E-state index in [9.17, 15) is 19.5 Å². The Balaban J connectivity index is 1.64. The molecule has 0 saturated carbocycles. The second-order valence-corrected chi connectivity index (χ2v) is 14.8. The van der Waals surface area contributed by atoms with Crippen LogP contribution in [0.5, 0.6) is 0 Å². The maximum absolute atomic E-state index is 14.7. The highest BCUT2D eigenvalue weighted by molar-refractivity contribution is 8.02. The number of aliphatic hydroxyl groups is 1. The number of carbonyl (C=O) groups is 3. The van der Waals surface area contributed by atoms with Crippen molar-refractivity contribution in [3.63, 3.8) is 0 Å². The fraction of sp³-hybridized carbons (Fsp3) is 0.594. The largest absolute Gasteiger partial charge is 0.394 e. The van der Waals surface area contributed by atoms with Crippen molar-refractivity contribution in [3.05, 3.63) is 60.2 Å². The van der Waals surface area contributed by atoms with Crippen LogP contribution in [0.4, 0.5) is 0 Å². The maximum atomic E-state index is 14.7. The van der Waals surface area contributed by atoms with E-state index >= 15 is 0 Å². The number of likely N-dealkylation sites (tertiary alicyclic amines) is 1. The Hall–Kier alpha value is -2.58. The standard InChI is InChI=1S/C32H43N3O4S/c1-7-21(2)23(20-36)35-26-29(39)34(30(3,4)5)18-12-16-32(26)25(28(35)38)24-27(37)33(17-11-15-31(24,6)40-32)19-22-13-9-8-10-14-22/h8-16,21,23-26,36H,7,17-20H2,1-6H3/t21-,23-,24-,25-,26?,31+,32-/m0/s1. The third-order valence-corrected chi connectivity index (χ3v) is 11.2. The van der Waals surface area contributed by atoms with E-state index in [1.165, 1.54) is 0 Å². The molecule has 3 amide bonds. The third-order valence-electron chi connectivity index (χ3n) is 9.45. The molecular formula is C32H43N3O4S. The van der Waals surface area contributed by atoms with Gasteiger partial charge in [0.05, 0.1) is 29.2 Å². The predicted molar refractivity (Wildman–Crippen MR) is 158 cm³/mol. The molecule has 0 radical (unpaired) electrons. The summed E-state index contributed by atoms with van der Waals surface area (Å²) < 4.78 is -1.57. The lowest BCUT2D eigenvalue weighted by Crippen LogP contribution is -2.60. The van der Waals surface area contributed by atoms with E-state index in [4.69, 9.17) is 0 Å². The number of carbonyl (C=O) groups excluding carboxylic acids is 3. The minimum Gasteiger partial charge on any atom is -0.394 e. The van der Waals surface area contributed by atoms with Gasteiger partial charge in [0.15, 0.2) is 0 Å². The molecule has 0 aromatic heterocycles. The summed E-state index contributed by atoms with van der Waals surface area (Å²) in [4.78, 5) is 49.1. The van der Waals surface area contributed by atoms with Gasteiger partial charge in [-0.3, -0.25) is 14.4 Å². The molecule has 7 atom stereocenters. The Morgan fingerprint density at radius 1 is 1.00 bits per heavy atom. The van der Waals surface area contributed by atoms with E-state index < -0.39 is 39.0 Å². The van der Waals surface area contributed by atoms with Crippen molar-refractivity contribution in [2.75, 3.05) is 19.7 Å². The molecule has 5 rings (SSSR count). The second-order valence-electron chi connectivity index (χ2n) is 13.0. The number of rotatable bonds is 6. The predicted octanol–water partition coefficient (Wildman–Crippen LogP) is 3.88. The molecule has 1 aromatic carbocycles. The van der Waals surface area contributed by atoms with Crippen LogP contribution in [0.15, 0.2) is 54.6 Å². The van der Waals surface area contributed by atoms with Gasteiger partial charge >= 0.3 is 0 Å². The Labute approximate surface area is 242 Å². The Morgan fingerprint density at radius 3 is 2.30 bits per heavy atom. The van der Waals surface area contributed by atoms with E-state index in [0.717, 1.165) is 12.0 Å². The SMILES string of the molecule is CC[C@H](C)[C@H](CO)N1C(=O)[C@@H]2[C@H]3C(=O)N(Cc4ccccc4)CC=C[C@@]3(C)S[C@@]23C=CCN(C(C)(C)C)C(=O)C13. The third kappa shape index (κ3) is 4.42. The van der Waals surface area contributed by atoms with Crippen molar-refractivity contribution in [2.45, 2.75) is 81.6 Å². The quantitative estimate of drug-likeness (QED) is 0.530. The molecule has 7 nitrogen and oxygen atoms in total. The van der Waals surface area contributed by atoms with Crippen molar-refractivity contribution in [3.8, 4) is 0 Å². The first-order chi connectivity index (χ1) is 18.9. The maximum Gasteiger partial charge on any atom is 0.247 e. The Morgan fingerprint density at radius 2 is 1.68 bits per heavy atom. The van der Waals surface area contributed by atoms with Crippen LogP contribution >= 0.6 is 11.8 Å². The van der Waals surface area contributed by atoms with Crippen molar-refractivity contribution in [2.24, 2.45) is 17.8 Å². The van der Waals surface area contributed by atoms with E-state index in [2.05, 4.69) is 12.2 Å². The summed E-state index contributed by atoms with van der Waals surface area (Å²) in [6.45, 7) is 13.3. The smallest absolute Gasteiger partial charge is 0.247 e. The molecular weight excluding hydrogens is 522 g/mol. The number of aliphatic hydroxyl groups excluding tert-OH is 1. The van der Waals surface area contributed by atoms with Gasteiger partial charge in [-0.1, -0.05) is 74.9 Å². The van der Waals surface area contributed by atoms with Gasteiger partial charge in [-0.2, -0.15) is 0 Å². The highest BCUT2D eigenvalue weighted by Crippen LogP contribution is 2.66. The fourth-order valence-corrected chi connectivity index (χ4v) is 9.38. The number of thioether (sulfide) groups is 1. The molecule has 0 aliphatic carbocycles. The highest BCUT2D eigenvalue weighted by atomic mass is 32.2. The molecule has 40 heavy (non-hydrogen) atoms. The van der Waals surface area contributed by atoms with Crippen LogP contribution in [0.2, 0.25) is 0 Å². The topological polar surface area (TPSA) is 81.2 Å². The summed E-state index contributed by atoms with van der Waals surface area (Å²) in [6, 6.07) is 8.60. The van der Waals surface area contributed by atoms with Crippen molar-refractivity contribution in [1.82, 2.24) is 14.7 Å². The minimum absolute atomic E-state index is 0.0105. The molecule has 1 N–H and O–H groups in total. The lowest BCUT2D eigenvalue weighted by atomic mass is 9.74. The van der Waals surface area contributed by atoms with Crippen LogP contribution in [-0.2, 0) is 20.9 Å². The molecule has 1 aromatic rings. The zero-order chi connectivity index (χ0) is 29.0. The lowest BCUT2D eigenvalue weighted by molar-refractivity contribution is -0.150. The van der Waals surface area contributed by atoms with Crippen molar-refractivity contribution < 1.29 is 19.5 Å². The molecule has 8 heteroatoms. The normalized spacial score (nSPS) is 33.4. The molecule has 4 aliphatic rings. The van der Waals surface area contributed by atoms with Crippen LogP contribution in [-0.4, -0.2) is 84.3 Å². The number of amides is 3. The number of hydrogen-bond acceptors (Lipinski definition) is 5. The molecule has 2 saturated heterocycles. The zero-order valence-electron chi connectivity index (χ0n) is 24.5. The van der Waals surface area contributed by atoms with E-state index in [1.54, 1.807) is 16.7 Å². The zero-order valence-corrected chi connectivity index (χ0v) is 25.4. The first-order valence-electron chi connectivity index (χ1n) is 14.5. The first kappa shape index (κ1) is 28.9. The molecule has 216 valence electrons. The van der Waals surface area contributed by atoms with Crippen molar-refractivity contribution >= 4 is 29.5 Å². The van der Waals surface area contributed by atoms with Gasteiger partial charge in [0.2, 0.25) is 17.7 Å². The molecule has 4 heterocycles. The van der Waals surface area contributed by atoms with Crippen molar-refractivity contribution in [1.29, 1.82) is 0 Å². The molecule has 4 aliphatic heterocycles. The van der Waals surface area contributed by atoms with Crippen LogP contribution in [0.3, 0.4) is 0 Å². The van der Waals surface area contributed by atoms with Gasteiger partial charge in [-0.05, 0) is 39.2 Å². The first-order valence-corrected chi connectivity index (χ1v) is 15.3. The molecule has 0 bridgehead atoms. The average Bonchev–Trinajstić information content (AvgIpc) is 3.17. The fourth-order valence-electron chi connectivity index (χ4n) is 7.23. The van der Waals surface area contributed by atoms with Gasteiger partial charge in [0.25, 0.3) is 0 Å². The second kappa shape index (κ2) is 10.4. The van der Waals surface area contributed by atoms with E-state index in [-0.39, 0.29) is 30.2 Å². The number of fused-ring (bicyclic) bond motifs is 2. The van der Waals surface area contributed by atoms with Gasteiger partial charge in [-0.25, -0.2) is 0 Å².